The molecule has 0 amide bonds. The molecule has 0 bridgehead atoms. The first-order valence-electron chi connectivity index (χ1n) is 19.8. The van der Waals surface area contributed by atoms with E-state index in [-0.39, 0.29) is 7.25 Å². The van der Waals surface area contributed by atoms with E-state index in [0.717, 1.165) is 25.7 Å². The van der Waals surface area contributed by atoms with Crippen molar-refractivity contribution < 1.29 is 15.6 Å². The summed E-state index contributed by atoms with van der Waals surface area (Å²) in [5, 5.41) is 0. The molecule has 2 atom stereocenters. The molecule has 8 rings (SSSR count). The Kier molecular flexibility index (Phi) is 10.5. The number of rotatable bonds is 11. The Balaban J connectivity index is 1.48. The average Bonchev–Trinajstić information content (AvgIpc) is 3.79. The third kappa shape index (κ3) is 6.23. The molecule has 0 N–H and O–H groups in total. The van der Waals surface area contributed by atoms with Crippen LogP contribution in [-0.4, -0.2) is 5.92 Å². The van der Waals surface area contributed by atoms with Crippen molar-refractivity contribution in [2.45, 2.75) is 59.9 Å². The van der Waals surface area contributed by atoms with Gasteiger partial charge in [0.2, 0.25) is 0 Å². The molecule has 0 aliphatic heterocycles. The van der Waals surface area contributed by atoms with E-state index in [1.165, 1.54) is 77.9 Å². The minimum atomic E-state index is -5.19. The van der Waals surface area contributed by atoms with Gasteiger partial charge in [-0.1, -0.05) is 0 Å². The summed E-state index contributed by atoms with van der Waals surface area (Å²) in [6.45, 7) is 9.59. The van der Waals surface area contributed by atoms with Gasteiger partial charge in [-0.05, 0) is 0 Å². The SMILES string of the molecule is CCCC1=Cc2c(-c3ccccc3)ccc(-c3ccccc3)c2[CH]1[Zr]([Cl])([Cl])([CH]1C(CCC)=Cc2c(-c3ccccc3)ccc(-c3ccccc3)c21)[SiH](C)C. The summed E-state index contributed by atoms with van der Waals surface area (Å²) >= 11 is -5.19. The summed E-state index contributed by atoms with van der Waals surface area (Å²) in [7, 11) is 18.3. The van der Waals surface area contributed by atoms with E-state index in [1.54, 1.807) is 0 Å². The summed E-state index contributed by atoms with van der Waals surface area (Å²) in [6, 6.07) is 53.1. The van der Waals surface area contributed by atoms with E-state index in [1.807, 2.05) is 0 Å². The van der Waals surface area contributed by atoms with Gasteiger partial charge in [0.05, 0.1) is 0 Å². The van der Waals surface area contributed by atoms with Gasteiger partial charge in [-0.25, -0.2) is 0 Å². The quantitative estimate of drug-likeness (QED) is 0.114. The Morgan fingerprint density at radius 2 is 0.741 bits per heavy atom. The first kappa shape index (κ1) is 37.4. The van der Waals surface area contributed by atoms with E-state index in [4.69, 9.17) is 17.0 Å². The van der Waals surface area contributed by atoms with Gasteiger partial charge in [-0.3, -0.25) is 0 Å². The molecule has 0 saturated carbocycles. The summed E-state index contributed by atoms with van der Waals surface area (Å²) < 4.78 is -0.00839. The van der Waals surface area contributed by atoms with Gasteiger partial charge in [-0.15, -0.1) is 0 Å². The molecule has 0 heterocycles. The molecular weight excluding hydrogens is 791 g/mol. The van der Waals surface area contributed by atoms with Crippen LogP contribution in [0.1, 0.15) is 69.0 Å². The molecule has 0 radical (unpaired) electrons. The fourth-order valence-corrected chi connectivity index (χ4v) is 40.9. The van der Waals surface area contributed by atoms with Crippen molar-refractivity contribution in [3.63, 3.8) is 0 Å². The Bertz CT molecular complexity index is 2200. The maximum absolute atomic E-state index is 9.13. The normalized spacial score (nSPS) is 17.1. The summed E-state index contributed by atoms with van der Waals surface area (Å²) in [4.78, 5) is 0. The number of benzene rings is 6. The standard InChI is InChI=1S/2C24H21.C2H7Si.2ClH.Zr/c2*1-2-9-18-16-23-21(19-10-5-3-6-11-19)14-15-22(24(23)17-18)20-12-7-4-8-13-20;1-3-2;;;/h2*3-8,10-17H,2,9H2,1H3;3H,1-2H3;2*1H;/q;;;;;+2/p-2. The first-order chi connectivity index (χ1) is 26.3. The average molecular weight is 840 g/mol. The van der Waals surface area contributed by atoms with Gasteiger partial charge in [0.25, 0.3) is 0 Å². The van der Waals surface area contributed by atoms with Crippen LogP contribution in [0.25, 0.3) is 56.7 Å². The van der Waals surface area contributed by atoms with E-state index >= 15 is 0 Å². The van der Waals surface area contributed by atoms with Crippen LogP contribution in [0.5, 0.6) is 0 Å². The number of hydrogen-bond acceptors (Lipinski definition) is 0. The van der Waals surface area contributed by atoms with Gasteiger partial charge in [0.1, 0.15) is 0 Å². The number of fused-ring (bicyclic) bond motifs is 2. The molecule has 0 aromatic heterocycles. The van der Waals surface area contributed by atoms with Crippen LogP contribution in [0, 0.1) is 0 Å². The van der Waals surface area contributed by atoms with Gasteiger partial charge < -0.3 is 0 Å². The molecule has 271 valence electrons. The van der Waals surface area contributed by atoms with E-state index in [2.05, 4.69) is 185 Å². The van der Waals surface area contributed by atoms with Gasteiger partial charge >= 0.3 is 334 Å². The molecule has 0 spiro atoms. The number of halogens is 2. The number of allylic oxidation sites excluding steroid dienone is 2. The number of hydrogen-bond donors (Lipinski definition) is 0. The van der Waals surface area contributed by atoms with Crippen molar-refractivity contribution >= 4 is 35.1 Å². The molecule has 0 nitrogen and oxygen atoms in total. The molecule has 6 aromatic rings. The van der Waals surface area contributed by atoms with Gasteiger partial charge in [0.15, 0.2) is 0 Å². The zero-order chi connectivity index (χ0) is 37.5. The summed E-state index contributed by atoms with van der Waals surface area (Å²) in [5.74, 6) is -1.82. The molecule has 2 unspecified atom stereocenters. The zero-order valence-corrected chi connectivity index (χ0v) is 37.0. The van der Waals surface area contributed by atoms with Crippen LogP contribution in [0.3, 0.4) is 0 Å². The van der Waals surface area contributed by atoms with Crippen LogP contribution < -0.4 is 0 Å². The second-order valence-corrected chi connectivity index (χ2v) is 58.1. The van der Waals surface area contributed by atoms with E-state index < -0.39 is 21.5 Å². The summed E-state index contributed by atoms with van der Waals surface area (Å²) in [5.41, 5.74) is 18.3. The molecule has 0 fully saturated rings. The fourth-order valence-electron chi connectivity index (χ4n) is 9.70. The van der Waals surface area contributed by atoms with Crippen LogP contribution in [-0.2, 0) is 15.6 Å². The molecule has 2 aliphatic rings. The minimum absolute atomic E-state index is 0.00420. The van der Waals surface area contributed by atoms with Gasteiger partial charge in [0, 0.05) is 0 Å². The van der Waals surface area contributed by atoms with Gasteiger partial charge in [-0.2, -0.15) is 0 Å². The van der Waals surface area contributed by atoms with E-state index in [0.29, 0.717) is 0 Å². The van der Waals surface area contributed by atoms with Crippen LogP contribution in [0.2, 0.25) is 13.1 Å². The first-order valence-corrected chi connectivity index (χ1v) is 36.1. The second kappa shape index (κ2) is 15.2. The fraction of sp³-hybridized carbons (Fsp3) is 0.200. The molecule has 6 aromatic carbocycles. The molecule has 54 heavy (non-hydrogen) atoms. The topological polar surface area (TPSA) is 0 Å². The van der Waals surface area contributed by atoms with Crippen molar-refractivity contribution in [1.82, 2.24) is 0 Å². The van der Waals surface area contributed by atoms with Crippen LogP contribution in [0.4, 0.5) is 0 Å². The molecule has 2 aliphatic carbocycles. The van der Waals surface area contributed by atoms with Crippen molar-refractivity contribution in [2.24, 2.45) is 0 Å². The molecule has 0 saturated heterocycles. The third-order valence-corrected chi connectivity index (χ3v) is 63.9. The zero-order valence-electron chi connectivity index (χ0n) is 31.8. The Morgan fingerprint density at radius 3 is 1.04 bits per heavy atom. The Labute approximate surface area is 331 Å². The molecule has 4 heteroatoms. The van der Waals surface area contributed by atoms with Crippen molar-refractivity contribution in [1.29, 1.82) is 0 Å². The monoisotopic (exact) mass is 837 g/mol. The Morgan fingerprint density at radius 1 is 0.444 bits per heavy atom. The van der Waals surface area contributed by atoms with Crippen molar-refractivity contribution in [3.05, 3.63) is 179 Å². The Hall–Kier alpha value is -3.52. The molecular formula is C50H49Cl2SiZr. The predicted octanol–water partition coefficient (Wildman–Crippen LogP) is 15.5. The second-order valence-electron chi connectivity index (χ2n) is 15.6. The predicted molar refractivity (Wildman–Crippen MR) is 236 cm³/mol. The van der Waals surface area contributed by atoms with E-state index in [9.17, 15) is 0 Å². The van der Waals surface area contributed by atoms with Crippen LogP contribution >= 0.6 is 17.0 Å². The van der Waals surface area contributed by atoms with Crippen molar-refractivity contribution in [3.8, 4) is 44.5 Å². The van der Waals surface area contributed by atoms with Crippen molar-refractivity contribution in [2.75, 3.05) is 0 Å². The van der Waals surface area contributed by atoms with Crippen LogP contribution in [0.15, 0.2) is 157 Å². The maximum atomic E-state index is 9.13. The third-order valence-electron chi connectivity index (χ3n) is 12.2. The summed E-state index contributed by atoms with van der Waals surface area (Å²) in [6.07, 6.45) is 9.11.